The minimum absolute atomic E-state index is 0.434. The van der Waals surface area contributed by atoms with Crippen LogP contribution in [0.5, 0.6) is 0 Å². The number of halogens is 4. The molecule has 1 aliphatic heterocycles. The average Bonchev–Trinajstić information content (AvgIpc) is 4.13. The molecule has 0 spiro atoms. The molecule has 0 saturated carbocycles. The van der Waals surface area contributed by atoms with Gasteiger partial charge in [0.05, 0.1) is 0 Å². The molecule has 10 aromatic rings. The van der Waals surface area contributed by atoms with Crippen LogP contribution in [-0.2, 0) is 0 Å². The highest BCUT2D eigenvalue weighted by Gasteiger charge is 2.26. The maximum absolute atomic E-state index is 4.10. The van der Waals surface area contributed by atoms with Crippen molar-refractivity contribution in [3.8, 4) is 82.8 Å². The maximum atomic E-state index is 4.10. The SMILES string of the molecule is Brc1cc(-c2cc(-c3ccc(-c4cccs4)s3)c(-c3ccc(-c4cccs4)s3)cc2Br)c(Br)cc1-c1cc(C2=CCC(c3cccs3)S2)c(-c2ccc(-c3cccs3)s2)cc1Br. The van der Waals surface area contributed by atoms with E-state index in [2.05, 4.69) is 213 Å². The van der Waals surface area contributed by atoms with Gasteiger partial charge in [-0.1, -0.05) is 94.1 Å². The molecule has 7 aromatic heterocycles. The smallest absolute Gasteiger partial charge is 0.0473 e. The highest BCUT2D eigenvalue weighted by Crippen LogP contribution is 2.55. The second-order valence-electron chi connectivity index (χ2n) is 14.4. The lowest BCUT2D eigenvalue weighted by Gasteiger charge is -2.18. The number of hydrogen-bond acceptors (Lipinski definition) is 8. The van der Waals surface area contributed by atoms with Gasteiger partial charge in [0.2, 0.25) is 0 Å². The van der Waals surface area contributed by atoms with Gasteiger partial charge < -0.3 is 0 Å². The van der Waals surface area contributed by atoms with E-state index in [1.54, 1.807) is 34.0 Å². The van der Waals surface area contributed by atoms with Crippen molar-refractivity contribution in [1.82, 2.24) is 0 Å². The fourth-order valence-electron chi connectivity index (χ4n) is 7.72. The molecule has 0 fully saturated rings. The Balaban J connectivity index is 1.01. The molecule has 0 nitrogen and oxygen atoms in total. The van der Waals surface area contributed by atoms with Crippen LogP contribution >= 0.6 is 155 Å². The monoisotopic (exact) mass is 1200 g/mol. The Morgan fingerprint density at radius 1 is 0.355 bits per heavy atom. The lowest BCUT2D eigenvalue weighted by atomic mass is 9.94. The summed E-state index contributed by atoms with van der Waals surface area (Å²) in [6, 6.07) is 45.1. The summed E-state index contributed by atoms with van der Waals surface area (Å²) in [5.74, 6) is 0. The second-order valence-corrected chi connectivity index (χ2v) is 26.2. The van der Waals surface area contributed by atoms with E-state index in [0.717, 1.165) is 46.6 Å². The van der Waals surface area contributed by atoms with E-state index < -0.39 is 0 Å². The number of allylic oxidation sites excluding steroid dienone is 1. The molecular weight excluding hydrogens is 1180 g/mol. The Labute approximate surface area is 426 Å². The molecule has 3 aromatic carbocycles. The van der Waals surface area contributed by atoms with Gasteiger partial charge >= 0.3 is 0 Å². The molecule has 304 valence electrons. The van der Waals surface area contributed by atoms with Crippen LogP contribution in [0.15, 0.2) is 167 Å². The highest BCUT2D eigenvalue weighted by atomic mass is 79.9. The average molecular weight is 1200 g/mol. The number of thiophene rings is 7. The molecule has 0 radical (unpaired) electrons. The zero-order chi connectivity index (χ0) is 41.9. The van der Waals surface area contributed by atoms with Crippen molar-refractivity contribution in [1.29, 1.82) is 0 Å². The third-order valence-electron chi connectivity index (χ3n) is 10.7. The van der Waals surface area contributed by atoms with Crippen LogP contribution in [0, 0.1) is 0 Å². The predicted octanol–water partition coefficient (Wildman–Crippen LogP) is 21.7. The van der Waals surface area contributed by atoms with Gasteiger partial charge in [-0.3, -0.25) is 0 Å². The Morgan fingerprint density at radius 3 is 1.16 bits per heavy atom. The summed E-state index contributed by atoms with van der Waals surface area (Å²) in [6.07, 6.45) is 3.47. The van der Waals surface area contributed by atoms with E-state index in [-0.39, 0.29) is 0 Å². The number of rotatable bonds is 10. The molecular formula is C50H28Br4S8. The first-order chi connectivity index (χ1) is 30.3. The summed E-state index contributed by atoms with van der Waals surface area (Å²) < 4.78 is 4.17. The molecule has 8 heterocycles. The molecule has 0 N–H and O–H groups in total. The molecule has 0 aliphatic carbocycles. The van der Waals surface area contributed by atoms with Crippen molar-refractivity contribution < 1.29 is 0 Å². The zero-order valence-electron chi connectivity index (χ0n) is 32.0. The zero-order valence-corrected chi connectivity index (χ0v) is 44.9. The Kier molecular flexibility index (Phi) is 12.3. The molecule has 1 unspecified atom stereocenters. The Morgan fingerprint density at radius 2 is 0.726 bits per heavy atom. The van der Waals surface area contributed by atoms with Crippen LogP contribution in [0.1, 0.15) is 22.1 Å². The van der Waals surface area contributed by atoms with Gasteiger partial charge in [0, 0.05) is 93.5 Å². The van der Waals surface area contributed by atoms with E-state index in [9.17, 15) is 0 Å². The van der Waals surface area contributed by atoms with Crippen molar-refractivity contribution in [3.05, 3.63) is 177 Å². The molecule has 62 heavy (non-hydrogen) atoms. The van der Waals surface area contributed by atoms with Crippen LogP contribution in [0.25, 0.3) is 87.7 Å². The predicted molar refractivity (Wildman–Crippen MR) is 295 cm³/mol. The molecule has 1 atom stereocenters. The van der Waals surface area contributed by atoms with E-state index in [1.165, 1.54) is 75.9 Å². The summed E-state index contributed by atoms with van der Waals surface area (Å²) in [5, 5.41) is 9.09. The number of hydrogen-bond donors (Lipinski definition) is 0. The normalized spacial score (nSPS) is 13.9. The summed E-state index contributed by atoms with van der Waals surface area (Å²) in [5.41, 5.74) is 9.49. The molecule has 0 saturated heterocycles. The summed E-state index contributed by atoms with van der Waals surface area (Å²) >= 11 is 31.2. The molecule has 0 amide bonds. The van der Waals surface area contributed by atoms with Gasteiger partial charge in [0.15, 0.2) is 0 Å². The maximum Gasteiger partial charge on any atom is 0.0473 e. The van der Waals surface area contributed by atoms with Crippen molar-refractivity contribution in [2.45, 2.75) is 11.7 Å². The van der Waals surface area contributed by atoms with Gasteiger partial charge in [0.25, 0.3) is 0 Å². The quantitative estimate of drug-likeness (QED) is 0.132. The number of benzene rings is 3. The van der Waals surface area contributed by atoms with Crippen LogP contribution in [0.3, 0.4) is 0 Å². The van der Waals surface area contributed by atoms with Crippen molar-refractivity contribution in [2.24, 2.45) is 0 Å². The minimum Gasteiger partial charge on any atom is -0.148 e. The lowest BCUT2D eigenvalue weighted by molar-refractivity contribution is 1.02. The minimum atomic E-state index is 0.434. The topological polar surface area (TPSA) is 0 Å². The van der Waals surface area contributed by atoms with E-state index >= 15 is 0 Å². The summed E-state index contributed by atoms with van der Waals surface area (Å²) in [6.45, 7) is 0. The molecule has 1 aliphatic rings. The fourth-order valence-corrected chi connectivity index (χ4v) is 17.8. The lowest BCUT2D eigenvalue weighted by Crippen LogP contribution is -1.93. The first kappa shape index (κ1) is 42.2. The second kappa shape index (κ2) is 18.1. The molecule has 0 bridgehead atoms. The fraction of sp³-hybridized carbons (Fsp3) is 0.0400. The van der Waals surface area contributed by atoms with Crippen molar-refractivity contribution in [3.63, 3.8) is 0 Å². The van der Waals surface area contributed by atoms with E-state index in [4.69, 9.17) is 0 Å². The largest absolute Gasteiger partial charge is 0.148 e. The van der Waals surface area contributed by atoms with Gasteiger partial charge in [-0.05, 0) is 153 Å². The van der Waals surface area contributed by atoms with Gasteiger partial charge in [-0.15, -0.1) is 91.1 Å². The Bertz CT molecular complexity index is 3230. The molecule has 11 rings (SSSR count). The van der Waals surface area contributed by atoms with Crippen LogP contribution in [0.2, 0.25) is 0 Å². The van der Waals surface area contributed by atoms with Crippen molar-refractivity contribution >= 4 is 160 Å². The first-order valence-electron chi connectivity index (χ1n) is 19.3. The Hall–Kier alpha value is -2.43. The van der Waals surface area contributed by atoms with Crippen LogP contribution < -0.4 is 0 Å². The van der Waals surface area contributed by atoms with Gasteiger partial charge in [-0.2, -0.15) is 0 Å². The standard InChI is InChI=1S/C50H28Br4S8/c51-35-24-30(28-22-32(40-10-14-48(60-40)44-6-2-18-56-44)34(26-38(28)54)42-12-16-50(62-42)46-8-4-20-58-46)36(52)23-29(35)27-21-31(39-9-13-47(59-39)43-5-1-17-55-43)33(25-37(27)53)41-11-15-49(61-41)45-7-3-19-57-45/h1-13,15-26,48H,14H2. The molecule has 12 heteroatoms. The van der Waals surface area contributed by atoms with Gasteiger partial charge in [-0.25, -0.2) is 0 Å². The third-order valence-corrected chi connectivity index (χ3v) is 22.4. The van der Waals surface area contributed by atoms with E-state index in [0.29, 0.717) is 5.25 Å². The van der Waals surface area contributed by atoms with Crippen LogP contribution in [-0.4, -0.2) is 0 Å². The summed E-state index contributed by atoms with van der Waals surface area (Å²) in [7, 11) is 0. The first-order valence-corrected chi connectivity index (χ1v) is 29.4. The van der Waals surface area contributed by atoms with Crippen molar-refractivity contribution in [2.75, 3.05) is 0 Å². The highest BCUT2D eigenvalue weighted by molar-refractivity contribution is 9.11. The summed E-state index contributed by atoms with van der Waals surface area (Å²) in [4.78, 5) is 14.3. The van der Waals surface area contributed by atoms with Crippen LogP contribution in [0.4, 0.5) is 0 Å². The number of thioether (sulfide) groups is 1. The third kappa shape index (κ3) is 8.24. The van der Waals surface area contributed by atoms with E-state index in [1.807, 2.05) is 57.1 Å². The van der Waals surface area contributed by atoms with Gasteiger partial charge in [0.1, 0.15) is 0 Å².